The van der Waals surface area contributed by atoms with Crippen LogP contribution in [0.2, 0.25) is 5.04 Å². The Morgan fingerprint density at radius 3 is 2.26 bits per heavy atom. The highest BCUT2D eigenvalue weighted by atomic mass is 32.1. The number of rotatable bonds is 13. The monoisotopic (exact) mass is 667 g/mol. The lowest BCUT2D eigenvalue weighted by Gasteiger charge is -2.44. The molecule has 1 aromatic heterocycles. The smallest absolute Gasteiger partial charge is 0.305 e. The average molecular weight is 668 g/mol. The van der Waals surface area contributed by atoms with Crippen LogP contribution in [0.5, 0.6) is 0 Å². The van der Waals surface area contributed by atoms with Crippen LogP contribution in [0.1, 0.15) is 70.4 Å². The van der Waals surface area contributed by atoms with Crippen molar-refractivity contribution < 1.29 is 23.9 Å². The topological polar surface area (TPSA) is 85.7 Å². The molecule has 1 heterocycles. The summed E-state index contributed by atoms with van der Waals surface area (Å²) < 4.78 is 13.4. The van der Waals surface area contributed by atoms with Crippen LogP contribution in [-0.4, -0.2) is 43.4 Å². The van der Waals surface area contributed by atoms with Crippen LogP contribution in [0.15, 0.2) is 109 Å². The number of esters is 1. The SMILES string of the molecule is COC(=O)CCCC=CC[C@@H]1C(=CC[C@@H](O[Si](c2ccccc2)(c2ccccc2)C(C)(C)C)c2nc3ccccc3s2)C(=O)C[C@@H]1O. The molecule has 0 radical (unpaired) electrons. The van der Waals surface area contributed by atoms with Crippen molar-refractivity contribution in [3.63, 3.8) is 0 Å². The lowest BCUT2D eigenvalue weighted by molar-refractivity contribution is -0.140. The van der Waals surface area contributed by atoms with E-state index in [-0.39, 0.29) is 29.1 Å². The summed E-state index contributed by atoms with van der Waals surface area (Å²) >= 11 is 1.64. The molecule has 1 fully saturated rings. The first-order valence-corrected chi connectivity index (χ1v) is 19.1. The van der Waals surface area contributed by atoms with Crippen molar-refractivity contribution in [1.29, 1.82) is 0 Å². The number of allylic oxidation sites excluding steroid dienone is 2. The summed E-state index contributed by atoms with van der Waals surface area (Å²) in [5, 5.41) is 13.9. The fourth-order valence-corrected chi connectivity index (χ4v) is 12.4. The van der Waals surface area contributed by atoms with Crippen LogP contribution >= 0.6 is 11.3 Å². The van der Waals surface area contributed by atoms with Crippen LogP contribution in [0.25, 0.3) is 10.2 Å². The number of ether oxygens (including phenoxy) is 1. The number of para-hydroxylation sites is 1. The first-order valence-electron chi connectivity index (χ1n) is 16.4. The Kier molecular flexibility index (Phi) is 11.4. The van der Waals surface area contributed by atoms with E-state index in [9.17, 15) is 14.7 Å². The Balaban J connectivity index is 1.52. The number of methoxy groups -OCH3 is 1. The van der Waals surface area contributed by atoms with Crippen LogP contribution in [0, 0.1) is 5.92 Å². The summed E-state index contributed by atoms with van der Waals surface area (Å²) in [6, 6.07) is 29.3. The predicted molar refractivity (Wildman–Crippen MR) is 193 cm³/mol. The summed E-state index contributed by atoms with van der Waals surface area (Å²) in [4.78, 5) is 29.8. The standard InChI is InChI=1S/C39H45NO5SSi/c1-39(2,3)47(28-17-9-7-10-18-28,29-19-11-8-12-20-29)45-35(38-40-32-22-15-16-23-36(32)46-38)26-25-31-30(33(41)27-34(31)42)21-13-5-6-14-24-37(43)44-4/h5,7-13,15-20,22-23,25,30,33,35,41H,6,14,21,24,26-27H2,1-4H3/t30-,33+,35-/m1/s1. The van der Waals surface area contributed by atoms with Gasteiger partial charge in [0.15, 0.2) is 5.78 Å². The number of carbonyl (C=O) groups excluding carboxylic acids is 2. The predicted octanol–water partition coefficient (Wildman–Crippen LogP) is 7.47. The number of aliphatic hydroxyl groups is 1. The minimum atomic E-state index is -2.95. The van der Waals surface area contributed by atoms with Gasteiger partial charge in [-0.15, -0.1) is 11.3 Å². The number of fused-ring (bicyclic) bond motifs is 1. The van der Waals surface area contributed by atoms with E-state index in [1.165, 1.54) is 17.5 Å². The summed E-state index contributed by atoms with van der Waals surface area (Å²) in [6.45, 7) is 6.78. The molecule has 8 heteroatoms. The molecular weight excluding hydrogens is 623 g/mol. The molecule has 0 saturated heterocycles. The molecule has 0 bridgehead atoms. The van der Waals surface area contributed by atoms with Gasteiger partial charge in [0.1, 0.15) is 11.1 Å². The van der Waals surface area contributed by atoms with Gasteiger partial charge in [-0.05, 0) is 58.8 Å². The number of thiazole rings is 1. The first kappa shape index (κ1) is 34.6. The van der Waals surface area contributed by atoms with Crippen LogP contribution < -0.4 is 10.4 Å². The van der Waals surface area contributed by atoms with Gasteiger partial charge in [0.05, 0.1) is 23.4 Å². The highest BCUT2D eigenvalue weighted by molar-refractivity contribution is 7.18. The van der Waals surface area contributed by atoms with Crippen molar-refractivity contribution in [1.82, 2.24) is 4.98 Å². The Hall–Kier alpha value is -3.69. The molecule has 1 N–H and O–H groups in total. The van der Waals surface area contributed by atoms with Crippen molar-refractivity contribution in [2.75, 3.05) is 7.11 Å². The molecule has 1 aliphatic carbocycles. The quantitative estimate of drug-likeness (QED) is 0.0524. The van der Waals surface area contributed by atoms with Gasteiger partial charge in [-0.25, -0.2) is 4.98 Å². The molecule has 1 aliphatic rings. The van der Waals surface area contributed by atoms with Gasteiger partial charge < -0.3 is 14.3 Å². The Morgan fingerprint density at radius 2 is 1.64 bits per heavy atom. The minimum absolute atomic E-state index is 0.0184. The highest BCUT2D eigenvalue weighted by Crippen LogP contribution is 2.43. The summed E-state index contributed by atoms with van der Waals surface area (Å²) in [5.41, 5.74) is 1.59. The molecule has 0 aliphatic heterocycles. The largest absolute Gasteiger partial charge is 0.469 e. The summed E-state index contributed by atoms with van der Waals surface area (Å²) in [6.07, 6.45) is 7.83. The number of unbranched alkanes of at least 4 members (excludes halogenated alkanes) is 1. The zero-order valence-corrected chi connectivity index (χ0v) is 29.5. The molecule has 0 unspecified atom stereocenters. The molecule has 3 aromatic carbocycles. The van der Waals surface area contributed by atoms with Gasteiger partial charge in [0.25, 0.3) is 8.32 Å². The van der Waals surface area contributed by atoms with Crippen LogP contribution in [0.4, 0.5) is 0 Å². The molecular formula is C39H45NO5SSi. The Labute approximate surface area is 283 Å². The number of aliphatic hydroxyl groups excluding tert-OH is 1. The molecule has 4 aromatic rings. The number of aromatic nitrogens is 1. The Morgan fingerprint density at radius 1 is 1.00 bits per heavy atom. The van der Waals surface area contributed by atoms with Gasteiger partial charge in [-0.3, -0.25) is 9.59 Å². The second-order valence-electron chi connectivity index (χ2n) is 13.2. The van der Waals surface area contributed by atoms with E-state index < -0.39 is 20.5 Å². The van der Waals surface area contributed by atoms with Gasteiger partial charge in [0, 0.05) is 18.8 Å². The van der Waals surface area contributed by atoms with Gasteiger partial charge in [-0.2, -0.15) is 0 Å². The van der Waals surface area contributed by atoms with Crippen LogP contribution in [-0.2, 0) is 18.8 Å². The lowest BCUT2D eigenvalue weighted by atomic mass is 9.95. The lowest BCUT2D eigenvalue weighted by Crippen LogP contribution is -2.66. The maximum atomic E-state index is 13.3. The second kappa shape index (κ2) is 15.5. The molecule has 5 rings (SSSR count). The number of hydrogen-bond acceptors (Lipinski definition) is 7. The normalized spacial score (nSPS) is 18.7. The van der Waals surface area contributed by atoms with Crippen molar-refractivity contribution in [2.24, 2.45) is 5.92 Å². The molecule has 0 amide bonds. The molecule has 3 atom stereocenters. The maximum absolute atomic E-state index is 13.3. The number of Topliss-reactive ketones (excluding diaryl/α,β-unsaturated/α-hetero) is 1. The second-order valence-corrected chi connectivity index (χ2v) is 18.5. The van der Waals surface area contributed by atoms with Crippen molar-refractivity contribution in [3.05, 3.63) is 114 Å². The molecule has 47 heavy (non-hydrogen) atoms. The van der Waals surface area contributed by atoms with Gasteiger partial charge in [0.2, 0.25) is 0 Å². The number of benzene rings is 3. The van der Waals surface area contributed by atoms with Gasteiger partial charge in [-0.1, -0.05) is 112 Å². The van der Waals surface area contributed by atoms with Crippen molar-refractivity contribution in [2.45, 2.75) is 76.5 Å². The summed E-state index contributed by atoms with van der Waals surface area (Å²) in [5.74, 6) is -0.526. The number of carbonyl (C=O) groups is 2. The zero-order valence-electron chi connectivity index (χ0n) is 27.7. The third-order valence-corrected chi connectivity index (χ3v) is 15.2. The number of hydrogen-bond donors (Lipinski definition) is 1. The number of nitrogens with zero attached hydrogens (tertiary/aromatic N) is 1. The van der Waals surface area contributed by atoms with Crippen LogP contribution in [0.3, 0.4) is 0 Å². The fourth-order valence-electron chi connectivity index (χ4n) is 6.61. The maximum Gasteiger partial charge on any atom is 0.305 e. The first-order chi connectivity index (χ1) is 22.6. The zero-order chi connectivity index (χ0) is 33.4. The van der Waals surface area contributed by atoms with Crippen molar-refractivity contribution in [3.8, 4) is 0 Å². The van der Waals surface area contributed by atoms with E-state index in [0.717, 1.165) is 21.6 Å². The van der Waals surface area contributed by atoms with E-state index in [4.69, 9.17) is 14.1 Å². The van der Waals surface area contributed by atoms with E-state index in [1.807, 2.05) is 48.6 Å². The molecule has 0 spiro atoms. The van der Waals surface area contributed by atoms with E-state index in [1.54, 1.807) is 11.3 Å². The molecule has 6 nitrogen and oxygen atoms in total. The third kappa shape index (κ3) is 7.89. The summed E-state index contributed by atoms with van der Waals surface area (Å²) in [7, 11) is -1.56. The van der Waals surface area contributed by atoms with Crippen molar-refractivity contribution >= 4 is 52.0 Å². The minimum Gasteiger partial charge on any atom is -0.469 e. The molecule has 246 valence electrons. The average Bonchev–Trinajstić information content (AvgIpc) is 3.62. The fraction of sp³-hybridized carbons (Fsp3) is 0.359. The van der Waals surface area contributed by atoms with E-state index in [2.05, 4.69) is 75.4 Å². The van der Waals surface area contributed by atoms with E-state index >= 15 is 0 Å². The van der Waals surface area contributed by atoms with E-state index in [0.29, 0.717) is 31.3 Å². The Bertz CT molecular complexity index is 1640. The highest BCUT2D eigenvalue weighted by Gasteiger charge is 2.52. The van der Waals surface area contributed by atoms with Gasteiger partial charge >= 0.3 is 5.97 Å². The molecule has 1 saturated carbocycles. The third-order valence-electron chi connectivity index (χ3n) is 8.99. The number of ketones is 1.